The van der Waals surface area contributed by atoms with Crippen molar-refractivity contribution >= 4 is 11.6 Å². The number of nitro groups is 1. The number of aromatic nitrogens is 3. The highest BCUT2D eigenvalue weighted by Crippen LogP contribution is 2.38. The Hall–Kier alpha value is -2.78. The molecule has 10 heteroatoms. The van der Waals surface area contributed by atoms with Gasteiger partial charge < -0.3 is 5.32 Å². The smallest absolute Gasteiger partial charge is 0.357 e. The summed E-state index contributed by atoms with van der Waals surface area (Å²) in [5, 5.41) is 13.5. The van der Waals surface area contributed by atoms with E-state index in [4.69, 9.17) is 0 Å². The second-order valence-corrected chi connectivity index (χ2v) is 3.85. The van der Waals surface area contributed by atoms with Crippen LogP contribution in [0.15, 0.2) is 24.7 Å². The molecule has 0 bridgehead atoms. The summed E-state index contributed by atoms with van der Waals surface area (Å²) < 4.78 is 39.0. The average Bonchev–Trinajstić information content (AvgIpc) is 2.45. The molecule has 0 aromatic carbocycles. The van der Waals surface area contributed by atoms with Crippen molar-refractivity contribution in [2.24, 2.45) is 0 Å². The summed E-state index contributed by atoms with van der Waals surface area (Å²) in [6, 6.07) is 0.736. The minimum Gasteiger partial charge on any atom is -0.357 e. The van der Waals surface area contributed by atoms with Crippen LogP contribution in [0.5, 0.6) is 0 Å². The zero-order valence-corrected chi connectivity index (χ0v) is 10.5. The Morgan fingerprint density at radius 3 is 2.62 bits per heavy atom. The first-order valence-electron chi connectivity index (χ1n) is 5.55. The lowest BCUT2D eigenvalue weighted by Crippen LogP contribution is -2.09. The van der Waals surface area contributed by atoms with Crippen LogP contribution in [0, 0.1) is 10.1 Å². The van der Waals surface area contributed by atoms with Gasteiger partial charge in [0.15, 0.2) is 5.69 Å². The number of nitrogens with zero attached hydrogens (tertiary/aromatic N) is 4. The molecule has 21 heavy (non-hydrogen) atoms. The normalized spacial score (nSPS) is 11.2. The molecular formula is C11H8F3N5O2. The van der Waals surface area contributed by atoms with Crippen LogP contribution in [-0.2, 0) is 6.18 Å². The molecule has 2 rings (SSSR count). The number of alkyl halides is 3. The van der Waals surface area contributed by atoms with E-state index in [1.54, 1.807) is 0 Å². The molecule has 1 N–H and O–H groups in total. The van der Waals surface area contributed by atoms with E-state index in [0.717, 1.165) is 24.7 Å². The van der Waals surface area contributed by atoms with Crippen molar-refractivity contribution in [3.8, 4) is 11.3 Å². The molecule has 0 fully saturated rings. The lowest BCUT2D eigenvalue weighted by atomic mass is 10.1. The Morgan fingerprint density at radius 1 is 1.33 bits per heavy atom. The Kier molecular flexibility index (Phi) is 3.70. The molecule has 0 saturated carbocycles. The average molecular weight is 299 g/mol. The fourth-order valence-corrected chi connectivity index (χ4v) is 1.66. The Labute approximate surface area is 116 Å². The summed E-state index contributed by atoms with van der Waals surface area (Å²) in [5.41, 5.74) is -2.61. The lowest BCUT2D eigenvalue weighted by molar-refractivity contribution is -0.384. The van der Waals surface area contributed by atoms with Crippen molar-refractivity contribution in [3.05, 3.63) is 40.3 Å². The van der Waals surface area contributed by atoms with Gasteiger partial charge in [-0.2, -0.15) is 13.2 Å². The summed E-state index contributed by atoms with van der Waals surface area (Å²) in [4.78, 5) is 21.1. The molecule has 2 aromatic rings. The molecule has 0 radical (unpaired) electrons. The summed E-state index contributed by atoms with van der Waals surface area (Å²) in [7, 11) is 1.44. The molecule has 0 aliphatic rings. The van der Waals surface area contributed by atoms with E-state index < -0.39 is 33.6 Å². The van der Waals surface area contributed by atoms with Crippen LogP contribution in [0.1, 0.15) is 5.56 Å². The van der Waals surface area contributed by atoms with E-state index in [2.05, 4.69) is 20.3 Å². The molecule has 2 aromatic heterocycles. The molecule has 110 valence electrons. The summed E-state index contributed by atoms with van der Waals surface area (Å²) in [6.45, 7) is 0. The minimum atomic E-state index is -4.68. The number of hydrogen-bond acceptors (Lipinski definition) is 6. The largest absolute Gasteiger partial charge is 0.417 e. The lowest BCUT2D eigenvalue weighted by Gasteiger charge is -2.12. The van der Waals surface area contributed by atoms with Crippen LogP contribution in [0.3, 0.4) is 0 Å². The fraction of sp³-hybridized carbons (Fsp3) is 0.182. The second kappa shape index (κ2) is 5.31. The van der Waals surface area contributed by atoms with Crippen LogP contribution in [-0.4, -0.2) is 26.9 Å². The first-order valence-corrected chi connectivity index (χ1v) is 5.55. The minimum absolute atomic E-state index is 0.0347. The summed E-state index contributed by atoms with van der Waals surface area (Å²) in [6.07, 6.45) is -1.99. The molecule has 0 amide bonds. The van der Waals surface area contributed by atoms with E-state index in [0.29, 0.717) is 0 Å². The van der Waals surface area contributed by atoms with Gasteiger partial charge in [-0.3, -0.25) is 15.1 Å². The molecule has 0 aliphatic carbocycles. The van der Waals surface area contributed by atoms with Gasteiger partial charge in [-0.05, 0) is 6.07 Å². The Balaban J connectivity index is 2.75. The predicted octanol–water partition coefficient (Wildman–Crippen LogP) is 2.51. The molecule has 0 atom stereocenters. The van der Waals surface area contributed by atoms with Gasteiger partial charge in [0, 0.05) is 25.0 Å². The Morgan fingerprint density at radius 2 is 2.05 bits per heavy atom. The summed E-state index contributed by atoms with van der Waals surface area (Å²) in [5.74, 6) is -0.0347. The van der Waals surface area contributed by atoms with Crippen molar-refractivity contribution in [1.29, 1.82) is 0 Å². The van der Waals surface area contributed by atoms with Gasteiger partial charge in [-0.1, -0.05) is 0 Å². The first kappa shape index (κ1) is 14.6. The van der Waals surface area contributed by atoms with Gasteiger partial charge in [0.05, 0.1) is 10.5 Å². The summed E-state index contributed by atoms with van der Waals surface area (Å²) >= 11 is 0. The van der Waals surface area contributed by atoms with Gasteiger partial charge in [-0.25, -0.2) is 9.97 Å². The third-order valence-electron chi connectivity index (χ3n) is 2.57. The topological polar surface area (TPSA) is 93.8 Å². The zero-order chi connectivity index (χ0) is 15.6. The number of pyridine rings is 1. The maximum Gasteiger partial charge on any atom is 0.417 e. The van der Waals surface area contributed by atoms with Crippen molar-refractivity contribution < 1.29 is 18.1 Å². The van der Waals surface area contributed by atoms with Crippen molar-refractivity contribution in [1.82, 2.24) is 15.0 Å². The van der Waals surface area contributed by atoms with Gasteiger partial charge in [0.2, 0.25) is 5.95 Å². The van der Waals surface area contributed by atoms with Gasteiger partial charge in [-0.15, -0.1) is 0 Å². The van der Waals surface area contributed by atoms with Crippen molar-refractivity contribution in [2.45, 2.75) is 6.18 Å². The molecule has 2 heterocycles. The van der Waals surface area contributed by atoms with Crippen molar-refractivity contribution in [2.75, 3.05) is 12.4 Å². The van der Waals surface area contributed by atoms with Crippen LogP contribution in [0.2, 0.25) is 0 Å². The van der Waals surface area contributed by atoms with Gasteiger partial charge in [0.25, 0.3) is 0 Å². The van der Waals surface area contributed by atoms with Crippen molar-refractivity contribution in [3.63, 3.8) is 0 Å². The van der Waals surface area contributed by atoms with E-state index in [1.165, 1.54) is 7.05 Å². The maximum atomic E-state index is 13.0. The number of rotatable bonds is 3. The molecule has 0 saturated heterocycles. The highest BCUT2D eigenvalue weighted by molar-refractivity contribution is 5.72. The van der Waals surface area contributed by atoms with Gasteiger partial charge in [0.1, 0.15) is 6.20 Å². The third-order valence-corrected chi connectivity index (χ3v) is 2.57. The van der Waals surface area contributed by atoms with E-state index in [-0.39, 0.29) is 5.95 Å². The number of anilines is 1. The third kappa shape index (κ3) is 2.88. The highest BCUT2D eigenvalue weighted by atomic mass is 19.4. The standard InChI is InChI=1S/C11H8F3N5O2/c1-15-10-17-5-8(19(20)21)9(18-10)6-4-16-3-2-7(6)11(12,13)14/h2-5H,1H3,(H,15,17,18). The van der Waals surface area contributed by atoms with Crippen LogP contribution < -0.4 is 5.32 Å². The van der Waals surface area contributed by atoms with Crippen LogP contribution in [0.25, 0.3) is 11.3 Å². The van der Waals surface area contributed by atoms with Crippen LogP contribution >= 0.6 is 0 Å². The second-order valence-electron chi connectivity index (χ2n) is 3.85. The number of hydrogen-bond donors (Lipinski definition) is 1. The molecule has 7 nitrogen and oxygen atoms in total. The Bertz CT molecular complexity index is 690. The van der Waals surface area contributed by atoms with E-state index in [9.17, 15) is 23.3 Å². The quantitative estimate of drug-likeness (QED) is 0.691. The first-order chi connectivity index (χ1) is 9.84. The highest BCUT2D eigenvalue weighted by Gasteiger charge is 2.36. The molecule has 0 spiro atoms. The maximum absolute atomic E-state index is 13.0. The molecule has 0 unspecified atom stereocenters. The molecular weight excluding hydrogens is 291 g/mol. The van der Waals surface area contributed by atoms with Gasteiger partial charge >= 0.3 is 11.9 Å². The molecule has 0 aliphatic heterocycles. The van der Waals surface area contributed by atoms with E-state index >= 15 is 0 Å². The number of halogens is 3. The monoisotopic (exact) mass is 299 g/mol. The SMILES string of the molecule is CNc1ncc([N+](=O)[O-])c(-c2cnccc2C(F)(F)F)n1. The fourth-order valence-electron chi connectivity index (χ4n) is 1.66. The predicted molar refractivity (Wildman–Crippen MR) is 66.5 cm³/mol. The zero-order valence-electron chi connectivity index (χ0n) is 10.5. The van der Waals surface area contributed by atoms with Crippen LogP contribution in [0.4, 0.5) is 24.8 Å². The number of nitrogens with one attached hydrogen (secondary N) is 1. The van der Waals surface area contributed by atoms with E-state index in [1.807, 2.05) is 0 Å².